The van der Waals surface area contributed by atoms with Gasteiger partial charge < -0.3 is 0 Å². The third-order valence-electron chi connectivity index (χ3n) is 4.06. The predicted octanol–water partition coefficient (Wildman–Crippen LogP) is 2.63. The summed E-state index contributed by atoms with van der Waals surface area (Å²) in [5.74, 6) is -0.380. The highest BCUT2D eigenvalue weighted by Crippen LogP contribution is 2.28. The molecule has 1 aromatic heterocycles. The van der Waals surface area contributed by atoms with E-state index in [2.05, 4.69) is 5.10 Å². The Hall–Kier alpha value is -1.70. The van der Waals surface area contributed by atoms with E-state index in [1.54, 1.807) is 19.9 Å². The van der Waals surface area contributed by atoms with Gasteiger partial charge in [0.15, 0.2) is 0 Å². The lowest BCUT2D eigenvalue weighted by molar-refractivity contribution is 0.0942. The van der Waals surface area contributed by atoms with Crippen LogP contribution in [0.3, 0.4) is 0 Å². The molecule has 0 radical (unpaired) electrons. The fourth-order valence-electron chi connectivity index (χ4n) is 2.86. The minimum absolute atomic E-state index is 0.0292. The van der Waals surface area contributed by atoms with Gasteiger partial charge in [-0.25, -0.2) is 13.1 Å². The summed E-state index contributed by atoms with van der Waals surface area (Å²) in [5.41, 5.74) is 1.65. The number of hydrogen-bond donors (Lipinski definition) is 0. The van der Waals surface area contributed by atoms with Gasteiger partial charge in [-0.15, -0.1) is 0 Å². The van der Waals surface area contributed by atoms with E-state index in [4.69, 9.17) is 11.6 Å². The van der Waals surface area contributed by atoms with Gasteiger partial charge in [-0.1, -0.05) is 11.6 Å². The molecule has 6 nitrogen and oxygen atoms in total. The number of aryl methyl sites for hydroxylation is 2. The van der Waals surface area contributed by atoms with Gasteiger partial charge in [0.1, 0.15) is 4.90 Å². The van der Waals surface area contributed by atoms with Gasteiger partial charge in [-0.05, 0) is 51.0 Å². The van der Waals surface area contributed by atoms with E-state index in [1.165, 1.54) is 27.2 Å². The molecule has 1 aliphatic heterocycles. The van der Waals surface area contributed by atoms with E-state index in [9.17, 15) is 13.2 Å². The first kappa shape index (κ1) is 17.1. The van der Waals surface area contributed by atoms with Crippen LogP contribution in [0.5, 0.6) is 0 Å². The first-order valence-electron chi connectivity index (χ1n) is 7.68. The van der Waals surface area contributed by atoms with Gasteiger partial charge in [-0.3, -0.25) is 4.79 Å². The van der Waals surface area contributed by atoms with Crippen LogP contribution < -0.4 is 0 Å². The standard InChI is InChI=1S/C16H18ClN3O3S/c1-11-9-12(2)20(18-11)16(21)13-5-6-14(17)15(10-13)24(22,23)19-7-3-4-8-19/h5-6,9-10H,3-4,7-8H2,1-2H3. The van der Waals surface area contributed by atoms with Gasteiger partial charge in [0.2, 0.25) is 10.0 Å². The Bertz CT molecular complexity index is 899. The van der Waals surface area contributed by atoms with Gasteiger partial charge in [0.05, 0.1) is 10.7 Å². The fraction of sp³-hybridized carbons (Fsp3) is 0.375. The van der Waals surface area contributed by atoms with Crippen LogP contribution in [0.4, 0.5) is 0 Å². The van der Waals surface area contributed by atoms with E-state index in [-0.39, 0.29) is 21.4 Å². The molecule has 24 heavy (non-hydrogen) atoms. The van der Waals surface area contributed by atoms with Crippen LogP contribution >= 0.6 is 11.6 Å². The van der Waals surface area contributed by atoms with Crippen molar-refractivity contribution in [3.05, 3.63) is 46.2 Å². The molecule has 0 atom stereocenters. The lowest BCUT2D eigenvalue weighted by Gasteiger charge is -2.17. The largest absolute Gasteiger partial charge is 0.278 e. The number of rotatable bonds is 3. The molecule has 0 aliphatic carbocycles. The van der Waals surface area contributed by atoms with E-state index < -0.39 is 10.0 Å². The minimum Gasteiger partial charge on any atom is -0.267 e. The van der Waals surface area contributed by atoms with Crippen molar-refractivity contribution >= 4 is 27.5 Å². The quantitative estimate of drug-likeness (QED) is 0.836. The van der Waals surface area contributed by atoms with Crippen LogP contribution in [-0.2, 0) is 10.0 Å². The summed E-state index contributed by atoms with van der Waals surface area (Å²) < 4.78 is 28.2. The number of benzene rings is 1. The average Bonchev–Trinajstić information content (AvgIpc) is 3.17. The van der Waals surface area contributed by atoms with E-state index in [0.717, 1.165) is 18.5 Å². The van der Waals surface area contributed by atoms with Crippen molar-refractivity contribution in [3.8, 4) is 0 Å². The molecule has 8 heteroatoms. The van der Waals surface area contributed by atoms with Crippen molar-refractivity contribution in [1.82, 2.24) is 14.1 Å². The molecule has 1 aliphatic rings. The van der Waals surface area contributed by atoms with E-state index in [1.807, 2.05) is 0 Å². The number of nitrogens with zero attached hydrogens (tertiary/aromatic N) is 3. The number of hydrogen-bond acceptors (Lipinski definition) is 4. The molecule has 3 rings (SSSR count). The Balaban J connectivity index is 2.03. The van der Waals surface area contributed by atoms with Crippen molar-refractivity contribution in [3.63, 3.8) is 0 Å². The number of halogens is 1. The highest BCUT2D eigenvalue weighted by molar-refractivity contribution is 7.89. The second-order valence-corrected chi connectivity index (χ2v) is 8.21. The fourth-order valence-corrected chi connectivity index (χ4v) is 4.88. The summed E-state index contributed by atoms with van der Waals surface area (Å²) in [6, 6.07) is 6.10. The first-order chi connectivity index (χ1) is 11.3. The highest BCUT2D eigenvalue weighted by atomic mass is 35.5. The normalized spacial score (nSPS) is 15.8. The van der Waals surface area contributed by atoms with Gasteiger partial charge >= 0.3 is 0 Å². The average molecular weight is 368 g/mol. The zero-order chi connectivity index (χ0) is 17.5. The zero-order valence-electron chi connectivity index (χ0n) is 13.5. The Kier molecular flexibility index (Phi) is 4.50. The third-order valence-corrected chi connectivity index (χ3v) is 6.44. The molecule has 0 spiro atoms. The molecule has 0 N–H and O–H groups in total. The van der Waals surface area contributed by atoms with Crippen LogP contribution in [0.1, 0.15) is 34.6 Å². The third kappa shape index (κ3) is 2.99. The van der Waals surface area contributed by atoms with Crippen molar-refractivity contribution < 1.29 is 13.2 Å². The Morgan fingerprint density at radius 2 is 1.83 bits per heavy atom. The number of aromatic nitrogens is 2. The smallest absolute Gasteiger partial charge is 0.267 e. The van der Waals surface area contributed by atoms with Crippen LogP contribution in [0, 0.1) is 13.8 Å². The lowest BCUT2D eigenvalue weighted by Crippen LogP contribution is -2.28. The maximum Gasteiger partial charge on any atom is 0.278 e. The number of carbonyl (C=O) groups excluding carboxylic acids is 1. The monoisotopic (exact) mass is 367 g/mol. The van der Waals surface area contributed by atoms with Crippen molar-refractivity contribution in [1.29, 1.82) is 0 Å². The van der Waals surface area contributed by atoms with Gasteiger partial charge in [0, 0.05) is 24.3 Å². The van der Waals surface area contributed by atoms with Crippen LogP contribution in [0.2, 0.25) is 5.02 Å². The maximum absolute atomic E-state index is 12.7. The van der Waals surface area contributed by atoms with Gasteiger partial charge in [-0.2, -0.15) is 9.40 Å². The molecule has 2 heterocycles. The van der Waals surface area contributed by atoms with Crippen molar-refractivity contribution in [2.75, 3.05) is 13.1 Å². The van der Waals surface area contributed by atoms with Crippen LogP contribution in [-0.4, -0.2) is 41.5 Å². The maximum atomic E-state index is 12.7. The molecule has 0 unspecified atom stereocenters. The predicted molar refractivity (Wildman–Crippen MR) is 90.9 cm³/mol. The zero-order valence-corrected chi connectivity index (χ0v) is 15.1. The molecule has 1 saturated heterocycles. The topological polar surface area (TPSA) is 72.3 Å². The number of sulfonamides is 1. The van der Waals surface area contributed by atoms with Gasteiger partial charge in [0.25, 0.3) is 5.91 Å². The Morgan fingerprint density at radius 1 is 1.17 bits per heavy atom. The molecule has 1 aromatic carbocycles. The Labute approximate surface area is 146 Å². The lowest BCUT2D eigenvalue weighted by atomic mass is 10.2. The number of carbonyl (C=O) groups is 1. The van der Waals surface area contributed by atoms with E-state index >= 15 is 0 Å². The molecule has 0 bridgehead atoms. The summed E-state index contributed by atoms with van der Waals surface area (Å²) >= 11 is 6.11. The summed E-state index contributed by atoms with van der Waals surface area (Å²) in [4.78, 5) is 12.6. The second-order valence-electron chi connectivity index (χ2n) is 5.90. The summed E-state index contributed by atoms with van der Waals surface area (Å²) in [7, 11) is -3.69. The molecule has 0 saturated carbocycles. The van der Waals surface area contributed by atoms with Crippen LogP contribution in [0.25, 0.3) is 0 Å². The second kappa shape index (κ2) is 6.31. The van der Waals surface area contributed by atoms with Crippen molar-refractivity contribution in [2.45, 2.75) is 31.6 Å². The van der Waals surface area contributed by atoms with Crippen LogP contribution in [0.15, 0.2) is 29.2 Å². The molecular formula is C16H18ClN3O3S. The van der Waals surface area contributed by atoms with Crippen molar-refractivity contribution in [2.24, 2.45) is 0 Å². The summed E-state index contributed by atoms with van der Waals surface area (Å²) in [6.07, 6.45) is 1.67. The van der Waals surface area contributed by atoms with E-state index in [0.29, 0.717) is 18.8 Å². The molecular weight excluding hydrogens is 350 g/mol. The molecule has 128 valence electrons. The first-order valence-corrected chi connectivity index (χ1v) is 9.50. The highest BCUT2D eigenvalue weighted by Gasteiger charge is 2.30. The molecule has 2 aromatic rings. The molecule has 0 amide bonds. The molecule has 1 fully saturated rings. The summed E-state index contributed by atoms with van der Waals surface area (Å²) in [6.45, 7) is 4.53. The Morgan fingerprint density at radius 3 is 2.42 bits per heavy atom. The minimum atomic E-state index is -3.69. The summed E-state index contributed by atoms with van der Waals surface area (Å²) in [5, 5.41) is 4.27. The SMILES string of the molecule is Cc1cc(C)n(C(=O)c2ccc(Cl)c(S(=O)(=O)N3CCCC3)c2)n1.